The van der Waals surface area contributed by atoms with E-state index in [-0.39, 0.29) is 5.69 Å². The fourth-order valence-electron chi connectivity index (χ4n) is 2.18. The van der Waals surface area contributed by atoms with Gasteiger partial charge in [-0.1, -0.05) is 6.07 Å². The van der Waals surface area contributed by atoms with Crippen molar-refractivity contribution in [2.45, 2.75) is 37.3 Å². The summed E-state index contributed by atoms with van der Waals surface area (Å²) in [7, 11) is 0. The zero-order chi connectivity index (χ0) is 19.0. The van der Waals surface area contributed by atoms with Gasteiger partial charge >= 0.3 is 12.4 Å². The highest BCUT2D eigenvalue weighted by Gasteiger charge is 2.51. The van der Waals surface area contributed by atoms with Crippen molar-refractivity contribution in [2.75, 3.05) is 5.32 Å². The van der Waals surface area contributed by atoms with Gasteiger partial charge in [-0.15, -0.1) is 0 Å². The molecule has 1 amide bonds. The van der Waals surface area contributed by atoms with Crippen LogP contribution in [0.4, 0.5) is 37.7 Å². The van der Waals surface area contributed by atoms with Crippen LogP contribution in [0.1, 0.15) is 18.9 Å². The van der Waals surface area contributed by atoms with Gasteiger partial charge in [0.15, 0.2) is 17.3 Å². The number of carbonyl (C=O) groups excluding carboxylic acids is 1. The fourth-order valence-corrected chi connectivity index (χ4v) is 2.18. The molecular formula is C14H10F6N4O. The number of nitrogens with one attached hydrogen (secondary N) is 1. The Morgan fingerprint density at radius 1 is 1.32 bits per heavy atom. The smallest absolute Gasteiger partial charge is 0.324 e. The van der Waals surface area contributed by atoms with Gasteiger partial charge < -0.3 is 5.32 Å². The SMILES string of the molecule is [C-]#[N+]c1ccc(NC(=O)[C@@]2(C)CC(C(F)(F)F)N=N2)cc1C(F)(F)F. The quantitative estimate of drug-likeness (QED) is 0.598. The molecule has 0 fully saturated rings. The van der Waals surface area contributed by atoms with Gasteiger partial charge in [0.05, 0.1) is 12.1 Å². The van der Waals surface area contributed by atoms with Crippen LogP contribution in [0.15, 0.2) is 28.4 Å². The van der Waals surface area contributed by atoms with Gasteiger partial charge in [-0.05, 0) is 19.1 Å². The Morgan fingerprint density at radius 2 is 1.96 bits per heavy atom. The maximum Gasteiger partial charge on any atom is 0.412 e. The van der Waals surface area contributed by atoms with E-state index >= 15 is 0 Å². The predicted octanol–water partition coefficient (Wildman–Crippen LogP) is 4.74. The Morgan fingerprint density at radius 3 is 2.44 bits per heavy atom. The van der Waals surface area contributed by atoms with Gasteiger partial charge in [-0.25, -0.2) is 4.85 Å². The van der Waals surface area contributed by atoms with E-state index in [1.807, 2.05) is 0 Å². The molecule has 0 spiro atoms. The molecular weight excluding hydrogens is 354 g/mol. The van der Waals surface area contributed by atoms with Crippen molar-refractivity contribution < 1.29 is 31.1 Å². The summed E-state index contributed by atoms with van der Waals surface area (Å²) in [5, 5.41) is 8.46. The summed E-state index contributed by atoms with van der Waals surface area (Å²) in [5.74, 6) is -1.02. The Labute approximate surface area is 137 Å². The van der Waals surface area contributed by atoms with Gasteiger partial charge in [0, 0.05) is 12.1 Å². The van der Waals surface area contributed by atoms with Crippen molar-refractivity contribution in [3.8, 4) is 0 Å². The van der Waals surface area contributed by atoms with Crippen LogP contribution < -0.4 is 5.32 Å². The van der Waals surface area contributed by atoms with E-state index in [2.05, 4.69) is 20.4 Å². The Kier molecular flexibility index (Phi) is 4.50. The number of rotatable bonds is 2. The van der Waals surface area contributed by atoms with Crippen LogP contribution >= 0.6 is 0 Å². The monoisotopic (exact) mass is 364 g/mol. The summed E-state index contributed by atoms with van der Waals surface area (Å²) in [4.78, 5) is 14.9. The number of carbonyl (C=O) groups is 1. The highest BCUT2D eigenvalue weighted by atomic mass is 19.4. The second-order valence-corrected chi connectivity index (χ2v) is 5.55. The maximum atomic E-state index is 12.9. The summed E-state index contributed by atoms with van der Waals surface area (Å²) in [6.45, 7) is 7.84. The number of amides is 1. The predicted molar refractivity (Wildman–Crippen MR) is 74.1 cm³/mol. The minimum Gasteiger partial charge on any atom is -0.324 e. The van der Waals surface area contributed by atoms with Crippen molar-refractivity contribution in [3.05, 3.63) is 35.2 Å². The van der Waals surface area contributed by atoms with Crippen molar-refractivity contribution in [1.29, 1.82) is 0 Å². The topological polar surface area (TPSA) is 58.2 Å². The summed E-state index contributed by atoms with van der Waals surface area (Å²) in [5.41, 5.74) is -4.07. The Balaban J connectivity index is 2.22. The van der Waals surface area contributed by atoms with E-state index in [1.165, 1.54) is 0 Å². The first kappa shape index (κ1) is 18.7. The number of azo groups is 1. The summed E-state index contributed by atoms with van der Waals surface area (Å²) in [6, 6.07) is 0.320. The summed E-state index contributed by atoms with van der Waals surface area (Å²) >= 11 is 0. The zero-order valence-electron chi connectivity index (χ0n) is 12.5. The molecule has 134 valence electrons. The second kappa shape index (κ2) is 6.02. The van der Waals surface area contributed by atoms with Crippen molar-refractivity contribution in [1.82, 2.24) is 0 Å². The molecule has 1 aromatic carbocycles. The Bertz CT molecular complexity index is 764. The number of hydrogen-bond acceptors (Lipinski definition) is 3. The van der Waals surface area contributed by atoms with E-state index in [0.29, 0.717) is 6.07 Å². The molecule has 0 aromatic heterocycles. The number of halogens is 6. The molecule has 1 aliphatic heterocycles. The molecule has 25 heavy (non-hydrogen) atoms. The second-order valence-electron chi connectivity index (χ2n) is 5.55. The molecule has 1 heterocycles. The first-order valence-electron chi connectivity index (χ1n) is 6.76. The molecule has 11 heteroatoms. The largest absolute Gasteiger partial charge is 0.412 e. The molecule has 1 aliphatic rings. The molecule has 2 rings (SSSR count). The molecule has 0 saturated carbocycles. The van der Waals surface area contributed by atoms with Crippen LogP contribution in [0.25, 0.3) is 4.85 Å². The van der Waals surface area contributed by atoms with Crippen LogP contribution in [-0.4, -0.2) is 23.7 Å². The molecule has 5 nitrogen and oxygen atoms in total. The molecule has 1 unspecified atom stereocenters. The van der Waals surface area contributed by atoms with E-state index in [1.54, 1.807) is 0 Å². The lowest BCUT2D eigenvalue weighted by Crippen LogP contribution is -2.40. The number of nitrogens with zero attached hydrogens (tertiary/aromatic N) is 3. The maximum absolute atomic E-state index is 12.9. The average molecular weight is 364 g/mol. The third-order valence-electron chi connectivity index (χ3n) is 3.56. The number of anilines is 1. The molecule has 0 aliphatic carbocycles. The standard InChI is InChI=1S/C14H10F6N4O/c1-12(6-10(23-24-12)14(18,19)20)11(25)22-7-3-4-9(21-2)8(5-7)13(15,16)17/h3-5,10H,6H2,1H3,(H,22,25)/t10?,12-/m1/s1. The van der Waals surface area contributed by atoms with E-state index in [0.717, 1.165) is 19.1 Å². The lowest BCUT2D eigenvalue weighted by atomic mass is 9.94. The van der Waals surface area contributed by atoms with Crippen LogP contribution in [0.2, 0.25) is 0 Å². The molecule has 0 radical (unpaired) electrons. The fraction of sp³-hybridized carbons (Fsp3) is 0.429. The van der Waals surface area contributed by atoms with Crippen molar-refractivity contribution in [3.63, 3.8) is 0 Å². The molecule has 0 saturated heterocycles. The summed E-state index contributed by atoms with van der Waals surface area (Å²) < 4.78 is 76.6. The third-order valence-corrected chi connectivity index (χ3v) is 3.56. The number of benzene rings is 1. The number of alkyl halides is 6. The molecule has 2 atom stereocenters. The van der Waals surface area contributed by atoms with Gasteiger partial charge in [0.2, 0.25) is 0 Å². The van der Waals surface area contributed by atoms with Gasteiger partial charge in [-0.2, -0.15) is 36.6 Å². The highest BCUT2D eigenvalue weighted by molar-refractivity contribution is 5.98. The third kappa shape index (κ3) is 3.89. The van der Waals surface area contributed by atoms with E-state index in [4.69, 9.17) is 6.57 Å². The van der Waals surface area contributed by atoms with Gasteiger partial charge in [0.25, 0.3) is 5.91 Å². The first-order valence-corrected chi connectivity index (χ1v) is 6.76. The zero-order valence-corrected chi connectivity index (χ0v) is 12.5. The minimum absolute atomic E-state index is 0.309. The highest BCUT2D eigenvalue weighted by Crippen LogP contribution is 2.39. The molecule has 0 bridgehead atoms. The molecule has 1 N–H and O–H groups in total. The first-order chi connectivity index (χ1) is 11.4. The lowest BCUT2D eigenvalue weighted by Gasteiger charge is -2.20. The minimum atomic E-state index is -4.82. The van der Waals surface area contributed by atoms with Crippen molar-refractivity contribution >= 4 is 17.3 Å². The van der Waals surface area contributed by atoms with Gasteiger partial charge in [0.1, 0.15) is 0 Å². The number of hydrogen-bond donors (Lipinski definition) is 1. The van der Waals surface area contributed by atoms with Crippen molar-refractivity contribution in [2.24, 2.45) is 10.2 Å². The summed E-state index contributed by atoms with van der Waals surface area (Å²) in [6.07, 6.45) is -10.2. The van der Waals surface area contributed by atoms with Crippen LogP contribution in [0, 0.1) is 6.57 Å². The van der Waals surface area contributed by atoms with Crippen LogP contribution in [-0.2, 0) is 11.0 Å². The Hall–Kier alpha value is -2.64. The normalized spacial score (nSPS) is 23.4. The van der Waals surface area contributed by atoms with E-state index < -0.39 is 47.5 Å². The average Bonchev–Trinajstić information content (AvgIpc) is 2.90. The van der Waals surface area contributed by atoms with E-state index in [9.17, 15) is 31.1 Å². The lowest BCUT2D eigenvalue weighted by molar-refractivity contribution is -0.148. The van der Waals surface area contributed by atoms with Crippen LogP contribution in [0.3, 0.4) is 0 Å². The van der Waals surface area contributed by atoms with Gasteiger partial charge in [-0.3, -0.25) is 4.79 Å². The van der Waals surface area contributed by atoms with Crippen LogP contribution in [0.5, 0.6) is 0 Å². The molecule has 1 aromatic rings.